The van der Waals surface area contributed by atoms with Crippen LogP contribution in [-0.2, 0) is 17.8 Å². The third kappa shape index (κ3) is 7.96. The summed E-state index contributed by atoms with van der Waals surface area (Å²) in [6.07, 6.45) is 0.889. The van der Waals surface area contributed by atoms with E-state index in [1.54, 1.807) is 29.2 Å². The highest BCUT2D eigenvalue weighted by molar-refractivity contribution is 6.42. The van der Waals surface area contributed by atoms with Crippen molar-refractivity contribution in [1.82, 2.24) is 10.6 Å². The van der Waals surface area contributed by atoms with E-state index in [0.717, 1.165) is 23.2 Å². The Bertz CT molecular complexity index is 1290. The van der Waals surface area contributed by atoms with Gasteiger partial charge in [0.2, 0.25) is 5.91 Å². The van der Waals surface area contributed by atoms with Gasteiger partial charge in [-0.3, -0.25) is 9.59 Å². The van der Waals surface area contributed by atoms with Crippen molar-refractivity contribution in [3.8, 4) is 0 Å². The number of carbonyl (C=O) groups excluding carboxylic acids is 2. The zero-order valence-electron chi connectivity index (χ0n) is 21.9. The number of nitrogens with zero attached hydrogens (tertiary/aromatic N) is 1. The quantitative estimate of drug-likeness (QED) is 0.245. The van der Waals surface area contributed by atoms with Crippen LogP contribution < -0.4 is 20.9 Å². The Hall–Kier alpha value is -3.10. The summed E-state index contributed by atoms with van der Waals surface area (Å²) in [5, 5.41) is 21.7. The van der Waals surface area contributed by atoms with Gasteiger partial charge in [0, 0.05) is 49.5 Å². The van der Waals surface area contributed by atoms with E-state index in [1.165, 1.54) is 0 Å². The molecule has 3 aromatic rings. The van der Waals surface area contributed by atoms with E-state index in [4.69, 9.17) is 23.2 Å². The van der Waals surface area contributed by atoms with Gasteiger partial charge in [0.25, 0.3) is 5.91 Å². The fourth-order valence-corrected chi connectivity index (χ4v) is 5.01. The number of benzene rings is 3. The van der Waals surface area contributed by atoms with Crippen molar-refractivity contribution >= 4 is 46.4 Å². The minimum Gasteiger partial charge on any atom is -0.390 e. The minimum absolute atomic E-state index is 0.0560. The first kappa shape index (κ1) is 28.9. The highest BCUT2D eigenvalue weighted by Crippen LogP contribution is 2.27. The molecule has 0 radical (unpaired) electrons. The standard InChI is InChI=1S/C30H34Cl2N4O3/c1-2-34-23-15-22(16-24(17-23)36-12-6-9-29(36)38)30(39)35-27(14-20-7-4-3-5-8-20)28(37)19-33-18-21-10-11-25(31)26(32)13-21/h3-5,7-8,10-11,13,15-17,27-28,33-34,37H,2,6,9,12,14,18-19H2,1H3,(H,35,39)/t27-,28-/m0/s1. The second-order valence-electron chi connectivity index (χ2n) is 9.66. The van der Waals surface area contributed by atoms with Crippen LogP contribution >= 0.6 is 23.2 Å². The molecule has 4 N–H and O–H groups in total. The van der Waals surface area contributed by atoms with Crippen LogP contribution in [-0.4, -0.2) is 48.7 Å². The van der Waals surface area contributed by atoms with Crippen LogP contribution in [0.25, 0.3) is 0 Å². The smallest absolute Gasteiger partial charge is 0.251 e. The fourth-order valence-electron chi connectivity index (χ4n) is 4.68. The lowest BCUT2D eigenvalue weighted by Gasteiger charge is -2.25. The Morgan fingerprint density at radius 1 is 1.03 bits per heavy atom. The molecule has 4 rings (SSSR count). The van der Waals surface area contributed by atoms with Crippen molar-refractivity contribution in [2.24, 2.45) is 0 Å². The summed E-state index contributed by atoms with van der Waals surface area (Å²) in [6.45, 7) is 4.03. The van der Waals surface area contributed by atoms with Crippen LogP contribution in [0.3, 0.4) is 0 Å². The summed E-state index contributed by atoms with van der Waals surface area (Å²) < 4.78 is 0. The zero-order valence-corrected chi connectivity index (χ0v) is 23.4. The number of amides is 2. The van der Waals surface area contributed by atoms with Crippen molar-refractivity contribution < 1.29 is 14.7 Å². The maximum atomic E-state index is 13.5. The van der Waals surface area contributed by atoms with Crippen LogP contribution in [0.5, 0.6) is 0 Å². The minimum atomic E-state index is -0.867. The Balaban J connectivity index is 1.50. The molecule has 0 spiro atoms. The number of carbonyl (C=O) groups is 2. The van der Waals surface area contributed by atoms with E-state index in [0.29, 0.717) is 53.8 Å². The predicted octanol–water partition coefficient (Wildman–Crippen LogP) is 5.04. The SMILES string of the molecule is CCNc1cc(C(=O)N[C@@H](Cc2ccccc2)[C@@H](O)CNCc2ccc(Cl)c(Cl)c2)cc(N2CCCC2=O)c1. The predicted molar refractivity (Wildman–Crippen MR) is 158 cm³/mol. The fraction of sp³-hybridized carbons (Fsp3) is 0.333. The lowest BCUT2D eigenvalue weighted by atomic mass is 10.00. The topological polar surface area (TPSA) is 93.7 Å². The lowest BCUT2D eigenvalue weighted by Crippen LogP contribution is -2.48. The van der Waals surface area contributed by atoms with Gasteiger partial charge in [0.15, 0.2) is 0 Å². The number of nitrogens with one attached hydrogen (secondary N) is 3. The Morgan fingerprint density at radius 3 is 2.51 bits per heavy atom. The Labute approximate surface area is 239 Å². The number of halogens is 2. The molecule has 206 valence electrons. The number of aliphatic hydroxyl groups is 1. The van der Waals surface area contributed by atoms with E-state index in [9.17, 15) is 14.7 Å². The molecule has 3 aromatic carbocycles. The van der Waals surface area contributed by atoms with Crippen LogP contribution in [0.2, 0.25) is 10.0 Å². The Kier molecular flexibility index (Phi) is 10.2. The first-order valence-electron chi connectivity index (χ1n) is 13.2. The van der Waals surface area contributed by atoms with Gasteiger partial charge in [-0.15, -0.1) is 0 Å². The van der Waals surface area contributed by atoms with Crippen molar-refractivity contribution in [2.75, 3.05) is 29.9 Å². The summed E-state index contributed by atoms with van der Waals surface area (Å²) in [6, 6.07) is 20.0. The molecular weight excluding hydrogens is 535 g/mol. The maximum Gasteiger partial charge on any atom is 0.251 e. The average molecular weight is 570 g/mol. The van der Waals surface area contributed by atoms with Crippen molar-refractivity contribution in [2.45, 2.75) is 44.9 Å². The lowest BCUT2D eigenvalue weighted by molar-refractivity contribution is -0.117. The van der Waals surface area contributed by atoms with Gasteiger partial charge in [-0.2, -0.15) is 0 Å². The molecular formula is C30H34Cl2N4O3. The van der Waals surface area contributed by atoms with E-state index in [-0.39, 0.29) is 18.4 Å². The number of anilines is 2. The normalized spacial score (nSPS) is 14.8. The summed E-state index contributed by atoms with van der Waals surface area (Å²) in [5.41, 5.74) is 3.82. The highest BCUT2D eigenvalue weighted by Gasteiger charge is 2.25. The third-order valence-corrected chi connectivity index (χ3v) is 7.43. The molecule has 7 nitrogen and oxygen atoms in total. The van der Waals surface area contributed by atoms with Crippen molar-refractivity contribution in [3.05, 3.63) is 93.5 Å². The summed E-state index contributed by atoms with van der Waals surface area (Å²) in [4.78, 5) is 27.6. The van der Waals surface area contributed by atoms with Gasteiger partial charge >= 0.3 is 0 Å². The van der Waals surface area contributed by atoms with Crippen LogP contribution in [0.4, 0.5) is 11.4 Å². The molecule has 1 aliphatic heterocycles. The van der Waals surface area contributed by atoms with Gasteiger partial charge < -0.3 is 26.0 Å². The molecule has 2 amide bonds. The molecule has 0 saturated carbocycles. The number of hydrogen-bond donors (Lipinski definition) is 4. The third-order valence-electron chi connectivity index (χ3n) is 6.69. The van der Waals surface area contributed by atoms with Gasteiger partial charge in [0.1, 0.15) is 0 Å². The molecule has 0 aliphatic carbocycles. The maximum absolute atomic E-state index is 13.5. The van der Waals surface area contributed by atoms with Crippen LogP contribution in [0.1, 0.15) is 41.3 Å². The van der Waals surface area contributed by atoms with Crippen LogP contribution in [0.15, 0.2) is 66.7 Å². The summed E-state index contributed by atoms with van der Waals surface area (Å²) in [5.74, 6) is -0.257. The molecule has 1 aliphatic rings. The number of aliphatic hydroxyl groups excluding tert-OH is 1. The van der Waals surface area contributed by atoms with E-state index in [1.807, 2.05) is 49.4 Å². The second-order valence-corrected chi connectivity index (χ2v) is 10.5. The van der Waals surface area contributed by atoms with Gasteiger partial charge in [0.05, 0.1) is 22.2 Å². The number of rotatable bonds is 12. The summed E-state index contributed by atoms with van der Waals surface area (Å²) >= 11 is 12.1. The molecule has 1 saturated heterocycles. The van der Waals surface area contributed by atoms with Crippen molar-refractivity contribution in [3.63, 3.8) is 0 Å². The number of hydrogen-bond acceptors (Lipinski definition) is 5. The molecule has 0 unspecified atom stereocenters. The molecule has 1 fully saturated rings. The Morgan fingerprint density at radius 2 is 1.82 bits per heavy atom. The molecule has 0 bridgehead atoms. The van der Waals surface area contributed by atoms with Crippen molar-refractivity contribution in [1.29, 1.82) is 0 Å². The first-order chi connectivity index (χ1) is 18.8. The van der Waals surface area contributed by atoms with Crippen LogP contribution in [0, 0.1) is 0 Å². The molecule has 2 atom stereocenters. The molecule has 39 heavy (non-hydrogen) atoms. The van der Waals surface area contributed by atoms with Gasteiger partial charge in [-0.05, 0) is 61.2 Å². The first-order valence-corrected chi connectivity index (χ1v) is 14.0. The zero-order chi connectivity index (χ0) is 27.8. The second kappa shape index (κ2) is 13.8. The molecule has 1 heterocycles. The average Bonchev–Trinajstić information content (AvgIpc) is 3.36. The monoisotopic (exact) mass is 568 g/mol. The molecule has 0 aromatic heterocycles. The highest BCUT2D eigenvalue weighted by atomic mass is 35.5. The molecule has 9 heteroatoms. The van der Waals surface area contributed by atoms with E-state index in [2.05, 4.69) is 16.0 Å². The van der Waals surface area contributed by atoms with Gasteiger partial charge in [-0.25, -0.2) is 0 Å². The largest absolute Gasteiger partial charge is 0.390 e. The van der Waals surface area contributed by atoms with E-state index < -0.39 is 12.1 Å². The van der Waals surface area contributed by atoms with Gasteiger partial charge in [-0.1, -0.05) is 59.6 Å². The van der Waals surface area contributed by atoms with E-state index >= 15 is 0 Å². The summed E-state index contributed by atoms with van der Waals surface area (Å²) in [7, 11) is 0.